The summed E-state index contributed by atoms with van der Waals surface area (Å²) in [5.41, 5.74) is 7.15. The Morgan fingerprint density at radius 2 is 2.09 bits per heavy atom. The predicted octanol–water partition coefficient (Wildman–Crippen LogP) is 3.77. The molecule has 0 amide bonds. The zero-order valence-electron chi connectivity index (χ0n) is 13.1. The van der Waals surface area contributed by atoms with E-state index in [4.69, 9.17) is 4.74 Å². The third-order valence-corrected chi connectivity index (χ3v) is 4.04. The number of ether oxygens (including phenoxy) is 1. The van der Waals surface area contributed by atoms with Crippen molar-refractivity contribution in [1.29, 1.82) is 0 Å². The summed E-state index contributed by atoms with van der Waals surface area (Å²) in [7, 11) is 0. The van der Waals surface area contributed by atoms with Gasteiger partial charge in [0.05, 0.1) is 6.61 Å². The second-order valence-electron chi connectivity index (χ2n) is 5.45. The molecule has 2 heterocycles. The van der Waals surface area contributed by atoms with Gasteiger partial charge < -0.3 is 15.0 Å². The number of nitrogens with one attached hydrogen (secondary N) is 2. The van der Waals surface area contributed by atoms with Crippen molar-refractivity contribution < 1.29 is 9.53 Å². The van der Waals surface area contributed by atoms with Crippen LogP contribution in [0.4, 0.5) is 5.69 Å². The third kappa shape index (κ3) is 2.41. The molecule has 0 unspecified atom stereocenters. The first-order chi connectivity index (χ1) is 10.6. The Bertz CT molecular complexity index is 756. The number of benzene rings is 1. The van der Waals surface area contributed by atoms with Gasteiger partial charge in [-0.2, -0.15) is 0 Å². The van der Waals surface area contributed by atoms with E-state index in [0.717, 1.165) is 29.1 Å². The molecule has 0 fully saturated rings. The number of aromatic nitrogens is 1. The van der Waals surface area contributed by atoms with Crippen LogP contribution in [0.1, 0.15) is 39.8 Å². The Morgan fingerprint density at radius 1 is 1.32 bits per heavy atom. The zero-order valence-corrected chi connectivity index (χ0v) is 13.1. The number of rotatable bonds is 3. The van der Waals surface area contributed by atoms with Crippen molar-refractivity contribution in [2.24, 2.45) is 0 Å². The van der Waals surface area contributed by atoms with Gasteiger partial charge in [-0.15, -0.1) is 0 Å². The van der Waals surface area contributed by atoms with E-state index in [1.807, 2.05) is 32.9 Å². The first-order valence-corrected chi connectivity index (χ1v) is 7.52. The monoisotopic (exact) mass is 296 g/mol. The van der Waals surface area contributed by atoms with E-state index in [2.05, 4.69) is 28.5 Å². The maximum absolute atomic E-state index is 12.0. The van der Waals surface area contributed by atoms with Crippen LogP contribution in [-0.4, -0.2) is 24.1 Å². The number of aromatic amines is 1. The number of fused-ring (bicyclic) bond motifs is 1. The van der Waals surface area contributed by atoms with E-state index in [9.17, 15) is 4.79 Å². The molecule has 1 aliphatic rings. The third-order valence-electron chi connectivity index (χ3n) is 4.04. The lowest BCUT2D eigenvalue weighted by Crippen LogP contribution is -2.06. The minimum absolute atomic E-state index is 0.294. The van der Waals surface area contributed by atoms with Crippen LogP contribution in [0.2, 0.25) is 0 Å². The number of carbonyl (C=O) groups is 1. The average Bonchev–Trinajstić information content (AvgIpc) is 3.04. The number of aryl methyl sites for hydroxylation is 1. The number of esters is 1. The lowest BCUT2D eigenvalue weighted by atomic mass is 10.0. The lowest BCUT2D eigenvalue weighted by molar-refractivity contribution is 0.0519. The highest BCUT2D eigenvalue weighted by molar-refractivity contribution is 5.96. The highest BCUT2D eigenvalue weighted by atomic mass is 16.5. The normalized spacial score (nSPS) is 14.8. The topological polar surface area (TPSA) is 54.1 Å². The first kappa shape index (κ1) is 14.4. The van der Waals surface area contributed by atoms with Gasteiger partial charge in [-0.3, -0.25) is 0 Å². The van der Waals surface area contributed by atoms with Gasteiger partial charge in [0.25, 0.3) is 0 Å². The Balaban J connectivity index is 2.00. The van der Waals surface area contributed by atoms with E-state index in [0.29, 0.717) is 12.3 Å². The molecule has 0 saturated carbocycles. The summed E-state index contributed by atoms with van der Waals surface area (Å²) in [5, 5.41) is 3.39. The highest BCUT2D eigenvalue weighted by Gasteiger charge is 2.20. The van der Waals surface area contributed by atoms with Gasteiger partial charge in [0.1, 0.15) is 5.69 Å². The minimum atomic E-state index is -0.294. The summed E-state index contributed by atoms with van der Waals surface area (Å²) < 4.78 is 5.10. The fraction of sp³-hybridized carbons (Fsp3) is 0.278. The van der Waals surface area contributed by atoms with Crippen molar-refractivity contribution in [3.05, 3.63) is 52.3 Å². The first-order valence-electron chi connectivity index (χ1n) is 7.52. The van der Waals surface area contributed by atoms with Gasteiger partial charge in [0, 0.05) is 23.5 Å². The second kappa shape index (κ2) is 5.72. The minimum Gasteiger partial charge on any atom is -0.461 e. The van der Waals surface area contributed by atoms with Crippen molar-refractivity contribution in [1.82, 2.24) is 4.98 Å². The molecule has 1 aromatic heterocycles. The molecular weight excluding hydrogens is 276 g/mol. The summed E-state index contributed by atoms with van der Waals surface area (Å²) in [4.78, 5) is 15.1. The Kier molecular flexibility index (Phi) is 3.75. The molecule has 114 valence electrons. The molecule has 3 rings (SSSR count). The van der Waals surface area contributed by atoms with Crippen molar-refractivity contribution in [3.8, 4) is 0 Å². The van der Waals surface area contributed by atoms with Gasteiger partial charge in [0.2, 0.25) is 0 Å². The standard InChI is InChI=1S/C18H20N2O2/c1-4-22-18(21)17-11(2)15(12(3)20-17)9-13-10-19-16-8-6-5-7-14(13)16/h5-9,19-20H,4,10H2,1-3H3/b13-9-. The van der Waals surface area contributed by atoms with Crippen LogP contribution in [0.15, 0.2) is 24.3 Å². The van der Waals surface area contributed by atoms with Crippen LogP contribution in [0, 0.1) is 13.8 Å². The summed E-state index contributed by atoms with van der Waals surface area (Å²) in [6.45, 7) is 6.93. The number of hydrogen-bond donors (Lipinski definition) is 2. The molecular formula is C18H20N2O2. The molecule has 1 aromatic carbocycles. The predicted molar refractivity (Wildman–Crippen MR) is 89.0 cm³/mol. The lowest BCUT2D eigenvalue weighted by Gasteiger charge is -2.02. The van der Waals surface area contributed by atoms with Crippen LogP contribution in [-0.2, 0) is 4.74 Å². The summed E-state index contributed by atoms with van der Waals surface area (Å²) in [6.07, 6.45) is 2.16. The van der Waals surface area contributed by atoms with Gasteiger partial charge in [-0.05, 0) is 49.6 Å². The van der Waals surface area contributed by atoms with Crippen LogP contribution in [0.3, 0.4) is 0 Å². The van der Waals surface area contributed by atoms with Crippen molar-refractivity contribution in [3.63, 3.8) is 0 Å². The van der Waals surface area contributed by atoms with Crippen molar-refractivity contribution >= 4 is 23.3 Å². The molecule has 2 N–H and O–H groups in total. The quantitative estimate of drug-likeness (QED) is 0.848. The molecule has 0 aliphatic carbocycles. The molecule has 0 bridgehead atoms. The zero-order chi connectivity index (χ0) is 15.7. The molecule has 0 radical (unpaired) electrons. The molecule has 4 heteroatoms. The van der Waals surface area contributed by atoms with Crippen LogP contribution >= 0.6 is 0 Å². The summed E-state index contributed by atoms with van der Waals surface area (Å²) >= 11 is 0. The van der Waals surface area contributed by atoms with E-state index in [1.54, 1.807) is 0 Å². The van der Waals surface area contributed by atoms with Gasteiger partial charge in [0.15, 0.2) is 0 Å². The maximum Gasteiger partial charge on any atom is 0.355 e. The Hall–Kier alpha value is -2.49. The Morgan fingerprint density at radius 3 is 2.86 bits per heavy atom. The van der Waals surface area contributed by atoms with E-state index in [-0.39, 0.29) is 5.97 Å². The molecule has 0 spiro atoms. The van der Waals surface area contributed by atoms with Crippen LogP contribution in [0.25, 0.3) is 11.6 Å². The second-order valence-corrected chi connectivity index (χ2v) is 5.45. The number of H-pyrrole nitrogens is 1. The molecule has 0 saturated heterocycles. The van der Waals surface area contributed by atoms with Crippen molar-refractivity contribution in [2.75, 3.05) is 18.5 Å². The van der Waals surface area contributed by atoms with E-state index in [1.165, 1.54) is 11.1 Å². The van der Waals surface area contributed by atoms with Gasteiger partial charge in [-0.25, -0.2) is 4.79 Å². The largest absolute Gasteiger partial charge is 0.461 e. The fourth-order valence-corrected chi connectivity index (χ4v) is 2.89. The number of hydrogen-bond acceptors (Lipinski definition) is 3. The SMILES string of the molecule is CCOC(=O)c1[nH]c(C)c(/C=C2/CNc3ccccc32)c1C. The fourth-order valence-electron chi connectivity index (χ4n) is 2.89. The average molecular weight is 296 g/mol. The smallest absolute Gasteiger partial charge is 0.355 e. The maximum atomic E-state index is 12.0. The van der Waals surface area contributed by atoms with Crippen LogP contribution < -0.4 is 5.32 Å². The molecule has 4 nitrogen and oxygen atoms in total. The number of carbonyl (C=O) groups excluding carboxylic acids is 1. The van der Waals surface area contributed by atoms with Crippen molar-refractivity contribution in [2.45, 2.75) is 20.8 Å². The van der Waals surface area contributed by atoms with Crippen LogP contribution in [0.5, 0.6) is 0 Å². The number of para-hydroxylation sites is 1. The number of anilines is 1. The molecule has 1 aliphatic heterocycles. The van der Waals surface area contributed by atoms with E-state index < -0.39 is 0 Å². The van der Waals surface area contributed by atoms with Gasteiger partial charge >= 0.3 is 5.97 Å². The molecule has 0 atom stereocenters. The van der Waals surface area contributed by atoms with Gasteiger partial charge in [-0.1, -0.05) is 18.2 Å². The summed E-state index contributed by atoms with van der Waals surface area (Å²) in [5.74, 6) is -0.294. The molecule has 22 heavy (non-hydrogen) atoms. The Labute approximate surface area is 130 Å². The summed E-state index contributed by atoms with van der Waals surface area (Å²) in [6, 6.07) is 8.27. The molecule has 2 aromatic rings. The van der Waals surface area contributed by atoms with E-state index >= 15 is 0 Å². The highest BCUT2D eigenvalue weighted by Crippen LogP contribution is 2.33.